The van der Waals surface area contributed by atoms with Gasteiger partial charge in [-0.05, 0) is 36.6 Å². The van der Waals surface area contributed by atoms with Crippen LogP contribution in [0, 0.1) is 5.82 Å². The van der Waals surface area contributed by atoms with Crippen molar-refractivity contribution in [2.75, 3.05) is 11.9 Å². The Kier molecular flexibility index (Phi) is 3.57. The predicted octanol–water partition coefficient (Wildman–Crippen LogP) is 3.78. The Morgan fingerprint density at radius 1 is 1.35 bits per heavy atom. The number of nitrogens with zero attached hydrogens (tertiary/aromatic N) is 3. The molecule has 1 aromatic carbocycles. The smallest absolute Gasteiger partial charge is 0.142 e. The van der Waals surface area contributed by atoms with Gasteiger partial charge in [0.05, 0.1) is 5.02 Å². The molecule has 1 saturated carbocycles. The molecule has 0 bridgehead atoms. The summed E-state index contributed by atoms with van der Waals surface area (Å²) in [6.45, 7) is 0.579. The van der Waals surface area contributed by atoms with Crippen LogP contribution in [0.25, 0.3) is 0 Å². The molecule has 1 aliphatic carbocycles. The first-order valence-electron chi connectivity index (χ1n) is 6.61. The maximum absolute atomic E-state index is 13.4. The van der Waals surface area contributed by atoms with Gasteiger partial charge >= 0.3 is 0 Å². The number of hydrogen-bond acceptors (Lipinski definition) is 3. The van der Waals surface area contributed by atoms with Crippen LogP contribution in [-0.2, 0) is 6.54 Å². The van der Waals surface area contributed by atoms with E-state index in [1.807, 2.05) is 24.1 Å². The highest BCUT2D eigenvalue weighted by Crippen LogP contribution is 2.38. The predicted molar refractivity (Wildman–Crippen MR) is 77.5 cm³/mol. The molecular weight excluding hydrogens is 277 g/mol. The Morgan fingerprint density at radius 3 is 2.85 bits per heavy atom. The molecule has 1 heterocycles. The number of aromatic nitrogens is 2. The SMILES string of the molecule is CN(Cc1ccc(Cl)c(F)c1)c1ccnc(C2CC2)n1. The molecule has 3 nitrogen and oxygen atoms in total. The molecule has 0 N–H and O–H groups in total. The Morgan fingerprint density at radius 2 is 2.15 bits per heavy atom. The molecule has 0 amide bonds. The van der Waals surface area contributed by atoms with E-state index in [0.717, 1.165) is 17.2 Å². The fourth-order valence-corrected chi connectivity index (χ4v) is 2.23. The minimum absolute atomic E-state index is 0.148. The standard InChI is InChI=1S/C15H15ClFN3/c1-20(9-10-2-5-12(16)13(17)8-10)14-6-7-18-15(19-14)11-3-4-11/h2,5-8,11H,3-4,9H2,1H3. The molecule has 0 atom stereocenters. The van der Waals surface area contributed by atoms with Crippen molar-refractivity contribution in [2.45, 2.75) is 25.3 Å². The summed E-state index contributed by atoms with van der Waals surface area (Å²) in [5.74, 6) is 1.91. The first-order chi connectivity index (χ1) is 9.63. The average molecular weight is 292 g/mol. The maximum Gasteiger partial charge on any atom is 0.142 e. The van der Waals surface area contributed by atoms with Crippen LogP contribution in [0.1, 0.15) is 30.1 Å². The number of halogens is 2. The monoisotopic (exact) mass is 291 g/mol. The van der Waals surface area contributed by atoms with E-state index < -0.39 is 0 Å². The van der Waals surface area contributed by atoms with E-state index in [1.165, 1.54) is 18.9 Å². The third kappa shape index (κ3) is 2.90. The molecule has 1 aromatic heterocycles. The number of benzene rings is 1. The van der Waals surface area contributed by atoms with Crippen LogP contribution in [0.3, 0.4) is 0 Å². The largest absolute Gasteiger partial charge is 0.355 e. The summed E-state index contributed by atoms with van der Waals surface area (Å²) in [7, 11) is 1.94. The van der Waals surface area contributed by atoms with E-state index in [9.17, 15) is 4.39 Å². The molecule has 0 spiro atoms. The second kappa shape index (κ2) is 5.37. The summed E-state index contributed by atoms with van der Waals surface area (Å²) in [5, 5.41) is 0.148. The summed E-state index contributed by atoms with van der Waals surface area (Å²) in [4.78, 5) is 10.8. The van der Waals surface area contributed by atoms with Gasteiger partial charge in [-0.3, -0.25) is 0 Å². The van der Waals surface area contributed by atoms with Crippen molar-refractivity contribution in [3.63, 3.8) is 0 Å². The van der Waals surface area contributed by atoms with Crippen LogP contribution < -0.4 is 4.90 Å². The van der Waals surface area contributed by atoms with E-state index in [4.69, 9.17) is 11.6 Å². The van der Waals surface area contributed by atoms with Gasteiger partial charge in [0.1, 0.15) is 17.5 Å². The van der Waals surface area contributed by atoms with Gasteiger partial charge < -0.3 is 4.90 Å². The summed E-state index contributed by atoms with van der Waals surface area (Å²) < 4.78 is 13.4. The second-order valence-electron chi connectivity index (χ2n) is 5.15. The van der Waals surface area contributed by atoms with Crippen LogP contribution in [0.4, 0.5) is 10.2 Å². The van der Waals surface area contributed by atoms with Gasteiger partial charge in [-0.15, -0.1) is 0 Å². The zero-order chi connectivity index (χ0) is 14.1. The van der Waals surface area contributed by atoms with Crippen LogP contribution in [0.2, 0.25) is 5.02 Å². The second-order valence-corrected chi connectivity index (χ2v) is 5.56. The topological polar surface area (TPSA) is 29.0 Å². The third-order valence-corrected chi connectivity index (χ3v) is 3.70. The number of rotatable bonds is 4. The first kappa shape index (κ1) is 13.3. The van der Waals surface area contributed by atoms with E-state index >= 15 is 0 Å². The normalized spacial score (nSPS) is 14.3. The molecule has 0 aliphatic heterocycles. The van der Waals surface area contributed by atoms with Crippen LogP contribution in [-0.4, -0.2) is 17.0 Å². The number of anilines is 1. The molecule has 2 aromatic rings. The molecule has 5 heteroatoms. The van der Waals surface area contributed by atoms with Crippen molar-refractivity contribution in [1.29, 1.82) is 0 Å². The molecule has 1 aliphatic rings. The lowest BCUT2D eigenvalue weighted by Crippen LogP contribution is -2.18. The van der Waals surface area contributed by atoms with Gasteiger partial charge in [0.25, 0.3) is 0 Å². The molecular formula is C15H15ClFN3. The van der Waals surface area contributed by atoms with Crippen molar-refractivity contribution in [3.05, 3.63) is 52.7 Å². The highest BCUT2D eigenvalue weighted by molar-refractivity contribution is 6.30. The molecule has 20 heavy (non-hydrogen) atoms. The quantitative estimate of drug-likeness (QED) is 0.858. The molecule has 1 fully saturated rings. The van der Waals surface area contributed by atoms with Crippen molar-refractivity contribution in [3.8, 4) is 0 Å². The summed E-state index contributed by atoms with van der Waals surface area (Å²) in [6.07, 6.45) is 4.14. The zero-order valence-electron chi connectivity index (χ0n) is 11.2. The lowest BCUT2D eigenvalue weighted by atomic mass is 10.2. The van der Waals surface area contributed by atoms with Crippen LogP contribution >= 0.6 is 11.6 Å². The van der Waals surface area contributed by atoms with Crippen LogP contribution in [0.15, 0.2) is 30.5 Å². The summed E-state index contributed by atoms with van der Waals surface area (Å²) >= 11 is 5.69. The Bertz CT molecular complexity index is 628. The van der Waals surface area contributed by atoms with E-state index in [-0.39, 0.29) is 10.8 Å². The zero-order valence-corrected chi connectivity index (χ0v) is 11.9. The van der Waals surface area contributed by atoms with E-state index in [2.05, 4.69) is 9.97 Å². The van der Waals surface area contributed by atoms with Gasteiger partial charge in [-0.2, -0.15) is 0 Å². The van der Waals surface area contributed by atoms with Crippen LogP contribution in [0.5, 0.6) is 0 Å². The third-order valence-electron chi connectivity index (χ3n) is 3.40. The first-order valence-corrected chi connectivity index (χ1v) is 6.99. The van der Waals surface area contributed by atoms with Crippen molar-refractivity contribution < 1.29 is 4.39 Å². The molecule has 0 saturated heterocycles. The van der Waals surface area contributed by atoms with Gasteiger partial charge in [-0.1, -0.05) is 17.7 Å². The fraction of sp³-hybridized carbons (Fsp3) is 0.333. The Balaban J connectivity index is 1.76. The Labute approximate surface area is 122 Å². The maximum atomic E-state index is 13.4. The van der Waals surface area contributed by atoms with Crippen molar-refractivity contribution in [1.82, 2.24) is 9.97 Å². The minimum Gasteiger partial charge on any atom is -0.355 e. The molecule has 3 rings (SSSR count). The van der Waals surface area contributed by atoms with Gasteiger partial charge in [0, 0.05) is 25.7 Å². The highest BCUT2D eigenvalue weighted by Gasteiger charge is 2.26. The minimum atomic E-state index is -0.390. The Hall–Kier alpha value is -1.68. The van der Waals surface area contributed by atoms with Gasteiger partial charge in [0.15, 0.2) is 0 Å². The van der Waals surface area contributed by atoms with Gasteiger partial charge in [0.2, 0.25) is 0 Å². The van der Waals surface area contributed by atoms with Gasteiger partial charge in [-0.25, -0.2) is 14.4 Å². The van der Waals surface area contributed by atoms with E-state index in [0.29, 0.717) is 12.5 Å². The van der Waals surface area contributed by atoms with Crippen molar-refractivity contribution in [2.24, 2.45) is 0 Å². The number of hydrogen-bond donors (Lipinski definition) is 0. The average Bonchev–Trinajstić information content (AvgIpc) is 3.28. The van der Waals surface area contributed by atoms with E-state index in [1.54, 1.807) is 12.3 Å². The lowest BCUT2D eigenvalue weighted by molar-refractivity contribution is 0.625. The summed E-state index contributed by atoms with van der Waals surface area (Å²) in [5.41, 5.74) is 0.862. The lowest BCUT2D eigenvalue weighted by Gasteiger charge is -2.18. The molecule has 104 valence electrons. The summed E-state index contributed by atoms with van der Waals surface area (Å²) in [6, 6.07) is 6.74. The van der Waals surface area contributed by atoms with Crippen molar-refractivity contribution >= 4 is 17.4 Å². The molecule has 0 radical (unpaired) electrons. The fourth-order valence-electron chi connectivity index (χ4n) is 2.11. The molecule has 0 unspecified atom stereocenters. The highest BCUT2D eigenvalue weighted by atomic mass is 35.5.